The number of carbonyl (C=O) groups is 1. The van der Waals surface area contributed by atoms with Crippen LogP contribution in [0.5, 0.6) is 0 Å². The number of amides is 1. The molecule has 1 amide bonds. The van der Waals surface area contributed by atoms with Gasteiger partial charge in [-0.2, -0.15) is 0 Å². The Bertz CT molecular complexity index is 917. The average Bonchev–Trinajstić information content (AvgIpc) is 2.87. The van der Waals surface area contributed by atoms with E-state index in [0.717, 1.165) is 16.8 Å². The molecule has 3 aromatic rings. The molecule has 0 aliphatic carbocycles. The minimum atomic E-state index is -0.533. The summed E-state index contributed by atoms with van der Waals surface area (Å²) in [7, 11) is 0. The zero-order valence-electron chi connectivity index (χ0n) is 11.4. The fraction of sp³-hybridized carbons (Fsp3) is 0.154. The van der Waals surface area contributed by atoms with Crippen molar-refractivity contribution in [2.75, 3.05) is 5.32 Å². The molecular weight excluding hydrogens is 293 g/mol. The molecule has 1 N–H and O–H groups in total. The lowest BCUT2D eigenvalue weighted by Crippen LogP contribution is -2.30. The van der Waals surface area contributed by atoms with Crippen LogP contribution in [0.25, 0.3) is 10.9 Å². The number of benzene rings is 1. The van der Waals surface area contributed by atoms with Crippen molar-refractivity contribution in [1.29, 1.82) is 0 Å². The fourth-order valence-corrected chi connectivity index (χ4v) is 1.89. The Morgan fingerprint density at radius 2 is 2.23 bits per heavy atom. The van der Waals surface area contributed by atoms with Gasteiger partial charge in [0.15, 0.2) is 0 Å². The number of carbonyl (C=O) groups excluding carboxylic acids is 1. The van der Waals surface area contributed by atoms with Crippen molar-refractivity contribution in [1.82, 2.24) is 20.2 Å². The average molecular weight is 303 g/mol. The van der Waals surface area contributed by atoms with Crippen LogP contribution in [-0.2, 0) is 11.3 Å². The summed E-state index contributed by atoms with van der Waals surface area (Å²) in [6.07, 6.45) is 0. The van der Waals surface area contributed by atoms with Crippen LogP contribution in [0.1, 0.15) is 5.69 Å². The number of nitrogens with one attached hydrogen (secondary N) is 1. The van der Waals surface area contributed by atoms with Gasteiger partial charge in [-0.15, -0.1) is 5.10 Å². The number of rotatable bonds is 3. The van der Waals surface area contributed by atoms with E-state index in [-0.39, 0.29) is 23.3 Å². The highest BCUT2D eigenvalue weighted by Crippen LogP contribution is 2.09. The molecule has 0 fully saturated rings. The summed E-state index contributed by atoms with van der Waals surface area (Å²) in [4.78, 5) is 24.0. The quantitative estimate of drug-likeness (QED) is 0.770. The van der Waals surface area contributed by atoms with Gasteiger partial charge in [-0.1, -0.05) is 10.4 Å². The van der Waals surface area contributed by atoms with Gasteiger partial charge in [-0.25, -0.2) is 9.07 Å². The molecule has 3 rings (SSSR count). The monoisotopic (exact) mass is 303 g/mol. The van der Waals surface area contributed by atoms with E-state index >= 15 is 0 Å². The molecule has 0 bridgehead atoms. The first kappa shape index (κ1) is 13.9. The van der Waals surface area contributed by atoms with Crippen LogP contribution in [0.4, 0.5) is 10.3 Å². The first-order chi connectivity index (χ1) is 10.5. The second-order valence-corrected chi connectivity index (χ2v) is 4.59. The minimum absolute atomic E-state index is 0.132. The number of halogens is 1. The molecule has 9 heteroatoms. The van der Waals surface area contributed by atoms with Gasteiger partial charge in [0.2, 0.25) is 11.8 Å². The van der Waals surface area contributed by atoms with E-state index in [2.05, 4.69) is 20.8 Å². The Labute approximate surface area is 122 Å². The van der Waals surface area contributed by atoms with Crippen LogP contribution in [0, 0.1) is 12.7 Å². The number of fused-ring (bicyclic) bond motifs is 1. The van der Waals surface area contributed by atoms with Crippen LogP contribution in [0.15, 0.2) is 33.6 Å². The Kier molecular flexibility index (Phi) is 3.37. The summed E-state index contributed by atoms with van der Waals surface area (Å²) in [6.45, 7) is 1.36. The maximum Gasteiger partial charge on any atom is 0.278 e. The third-order valence-corrected chi connectivity index (χ3v) is 2.87. The van der Waals surface area contributed by atoms with E-state index in [1.54, 1.807) is 6.92 Å². The first-order valence-electron chi connectivity index (χ1n) is 6.29. The lowest BCUT2D eigenvalue weighted by atomic mass is 10.2. The first-order valence-corrected chi connectivity index (χ1v) is 6.29. The Morgan fingerprint density at radius 3 is 2.95 bits per heavy atom. The number of aromatic nitrogens is 4. The number of nitrogens with zero attached hydrogens (tertiary/aromatic N) is 4. The number of aryl methyl sites for hydroxylation is 1. The van der Waals surface area contributed by atoms with E-state index in [1.807, 2.05) is 0 Å². The van der Waals surface area contributed by atoms with Gasteiger partial charge in [0.25, 0.3) is 5.56 Å². The van der Waals surface area contributed by atoms with Crippen LogP contribution in [0.3, 0.4) is 0 Å². The van der Waals surface area contributed by atoms with Crippen molar-refractivity contribution in [3.8, 4) is 0 Å². The maximum absolute atomic E-state index is 13.1. The summed E-state index contributed by atoms with van der Waals surface area (Å²) < 4.78 is 18.8. The largest absolute Gasteiger partial charge is 0.338 e. The predicted octanol–water partition coefficient (Wildman–Crippen LogP) is 0.866. The second kappa shape index (κ2) is 5.35. The van der Waals surface area contributed by atoms with Gasteiger partial charge in [0, 0.05) is 12.1 Å². The summed E-state index contributed by atoms with van der Waals surface area (Å²) in [5, 5.41) is 13.6. The molecule has 0 unspecified atom stereocenters. The van der Waals surface area contributed by atoms with E-state index < -0.39 is 17.3 Å². The molecule has 8 nitrogen and oxygen atoms in total. The van der Waals surface area contributed by atoms with Crippen LogP contribution < -0.4 is 10.9 Å². The number of hydrogen-bond donors (Lipinski definition) is 1. The van der Waals surface area contributed by atoms with Gasteiger partial charge in [-0.3, -0.25) is 14.9 Å². The van der Waals surface area contributed by atoms with E-state index in [9.17, 15) is 14.0 Å². The summed E-state index contributed by atoms with van der Waals surface area (Å²) in [5.41, 5.74) is 0.210. The van der Waals surface area contributed by atoms with Crippen molar-refractivity contribution < 1.29 is 13.7 Å². The summed E-state index contributed by atoms with van der Waals surface area (Å²) >= 11 is 0. The van der Waals surface area contributed by atoms with Gasteiger partial charge in [-0.05, 0) is 19.1 Å². The van der Waals surface area contributed by atoms with Crippen LogP contribution in [0.2, 0.25) is 0 Å². The van der Waals surface area contributed by atoms with Gasteiger partial charge >= 0.3 is 0 Å². The zero-order valence-corrected chi connectivity index (χ0v) is 11.4. The summed E-state index contributed by atoms with van der Waals surface area (Å²) in [5.74, 6) is -0.863. The van der Waals surface area contributed by atoms with E-state index in [0.29, 0.717) is 5.69 Å². The van der Waals surface area contributed by atoms with Crippen molar-refractivity contribution >= 4 is 22.7 Å². The third kappa shape index (κ3) is 2.68. The molecule has 1 aromatic carbocycles. The van der Waals surface area contributed by atoms with Gasteiger partial charge in [0.1, 0.15) is 17.9 Å². The molecule has 2 aromatic heterocycles. The smallest absolute Gasteiger partial charge is 0.278 e. The van der Waals surface area contributed by atoms with Crippen molar-refractivity contribution in [2.45, 2.75) is 13.5 Å². The molecule has 112 valence electrons. The molecule has 0 radical (unpaired) electrons. The third-order valence-electron chi connectivity index (χ3n) is 2.87. The molecule has 0 aliphatic rings. The lowest BCUT2D eigenvalue weighted by molar-refractivity contribution is -0.117. The molecule has 2 heterocycles. The van der Waals surface area contributed by atoms with Crippen LogP contribution in [-0.4, -0.2) is 26.1 Å². The lowest BCUT2D eigenvalue weighted by Gasteiger charge is -2.04. The summed E-state index contributed by atoms with van der Waals surface area (Å²) in [6, 6.07) is 5.09. The molecule has 0 spiro atoms. The Balaban J connectivity index is 1.84. The standard InChI is InChI=1S/C13H10FN5O3/c1-7-4-12(22-17-7)15-11(20)6-19-13(21)9-3-2-8(14)5-10(9)16-18-19/h2-5H,6H2,1H3,(H,15,20). The normalized spacial score (nSPS) is 10.8. The molecular formula is C13H10FN5O3. The van der Waals surface area contributed by atoms with Crippen molar-refractivity contribution in [3.63, 3.8) is 0 Å². The van der Waals surface area contributed by atoms with E-state index in [1.165, 1.54) is 12.1 Å². The molecule has 0 aliphatic heterocycles. The van der Waals surface area contributed by atoms with Crippen molar-refractivity contribution in [3.05, 3.63) is 46.1 Å². The van der Waals surface area contributed by atoms with Gasteiger partial charge < -0.3 is 4.52 Å². The fourth-order valence-electron chi connectivity index (χ4n) is 1.89. The molecule has 22 heavy (non-hydrogen) atoms. The highest BCUT2D eigenvalue weighted by Gasteiger charge is 2.12. The highest BCUT2D eigenvalue weighted by molar-refractivity contribution is 5.89. The topological polar surface area (TPSA) is 103 Å². The van der Waals surface area contributed by atoms with Crippen molar-refractivity contribution in [2.24, 2.45) is 0 Å². The zero-order chi connectivity index (χ0) is 15.7. The SMILES string of the molecule is Cc1cc(NC(=O)Cn2nnc3cc(F)ccc3c2=O)on1. The highest BCUT2D eigenvalue weighted by atomic mass is 19.1. The maximum atomic E-state index is 13.1. The Morgan fingerprint density at radius 1 is 1.41 bits per heavy atom. The van der Waals surface area contributed by atoms with Crippen LogP contribution >= 0.6 is 0 Å². The minimum Gasteiger partial charge on any atom is -0.338 e. The second-order valence-electron chi connectivity index (χ2n) is 4.59. The molecule has 0 saturated carbocycles. The van der Waals surface area contributed by atoms with Gasteiger partial charge in [0.05, 0.1) is 11.1 Å². The van der Waals surface area contributed by atoms with E-state index in [4.69, 9.17) is 4.52 Å². The predicted molar refractivity (Wildman–Crippen MR) is 73.6 cm³/mol. The number of hydrogen-bond acceptors (Lipinski definition) is 6. The molecule has 0 saturated heterocycles. The Hall–Kier alpha value is -3.10. The molecule has 0 atom stereocenters. The number of anilines is 1.